The first-order valence-electron chi connectivity index (χ1n) is 13.3. The zero-order valence-electron chi connectivity index (χ0n) is 21.5. The lowest BCUT2D eigenvalue weighted by Crippen LogP contribution is -2.44. The van der Waals surface area contributed by atoms with Crippen LogP contribution in [-0.2, 0) is 22.5 Å². The molecule has 0 saturated carbocycles. The minimum atomic E-state index is -0.119. The largest absolute Gasteiger partial charge is 0.381 e. The first kappa shape index (κ1) is 24.9. The zero-order chi connectivity index (χ0) is 26.2. The highest BCUT2D eigenvalue weighted by atomic mass is 35.5. The molecular weight excluding hydrogens is 500 g/mol. The fraction of sp³-hybridized carbons (Fsp3) is 0.367. The molecule has 4 heterocycles. The number of nitrogens with one attached hydrogen (secondary N) is 1. The Labute approximate surface area is 227 Å². The average molecular weight is 531 g/mol. The van der Waals surface area contributed by atoms with Gasteiger partial charge in [0.25, 0.3) is 5.91 Å². The third-order valence-electron chi connectivity index (χ3n) is 7.97. The molecule has 1 aromatic heterocycles. The van der Waals surface area contributed by atoms with Crippen molar-refractivity contribution in [3.63, 3.8) is 0 Å². The lowest BCUT2D eigenvalue weighted by molar-refractivity contribution is -0.134. The number of rotatable bonds is 5. The molecule has 1 atom stereocenters. The van der Waals surface area contributed by atoms with Crippen LogP contribution in [0.4, 0.5) is 5.82 Å². The number of hydrogen-bond donors (Lipinski definition) is 1. The Bertz CT molecular complexity index is 1390. The summed E-state index contributed by atoms with van der Waals surface area (Å²) in [5.41, 5.74) is 5.71. The molecule has 1 N–H and O–H groups in total. The molecule has 2 amide bonds. The SMILES string of the molecule is C[C@@H]1c2ccccc2CCN1C(=O)CN1Cc2ccc(-c3cc(NC4CCOCC4)ncc3Cl)cc2C1=O. The van der Waals surface area contributed by atoms with Gasteiger partial charge in [-0.15, -0.1) is 0 Å². The van der Waals surface area contributed by atoms with Gasteiger partial charge >= 0.3 is 0 Å². The van der Waals surface area contributed by atoms with E-state index in [1.165, 1.54) is 11.1 Å². The van der Waals surface area contributed by atoms with Gasteiger partial charge in [0, 0.05) is 49.7 Å². The van der Waals surface area contributed by atoms with Crippen LogP contribution in [0, 0.1) is 0 Å². The van der Waals surface area contributed by atoms with Gasteiger partial charge in [0.05, 0.1) is 11.1 Å². The minimum Gasteiger partial charge on any atom is -0.381 e. The predicted octanol–water partition coefficient (Wildman–Crippen LogP) is 5.09. The van der Waals surface area contributed by atoms with Crippen molar-refractivity contribution in [2.75, 3.05) is 31.6 Å². The van der Waals surface area contributed by atoms with Gasteiger partial charge in [-0.05, 0) is 60.6 Å². The predicted molar refractivity (Wildman–Crippen MR) is 147 cm³/mol. The maximum atomic E-state index is 13.4. The van der Waals surface area contributed by atoms with Crippen molar-refractivity contribution in [2.24, 2.45) is 0 Å². The lowest BCUT2D eigenvalue weighted by Gasteiger charge is -2.36. The van der Waals surface area contributed by atoms with E-state index in [-0.39, 0.29) is 24.4 Å². The Balaban J connectivity index is 1.17. The molecule has 0 aliphatic carbocycles. The van der Waals surface area contributed by atoms with E-state index in [9.17, 15) is 9.59 Å². The monoisotopic (exact) mass is 530 g/mol. The van der Waals surface area contributed by atoms with Crippen LogP contribution < -0.4 is 5.32 Å². The average Bonchev–Trinajstić information content (AvgIpc) is 3.24. The highest BCUT2D eigenvalue weighted by Gasteiger charge is 2.33. The summed E-state index contributed by atoms with van der Waals surface area (Å²) in [6.45, 7) is 4.72. The Morgan fingerprint density at radius 2 is 1.92 bits per heavy atom. The van der Waals surface area contributed by atoms with Gasteiger partial charge in [0.2, 0.25) is 5.91 Å². The molecule has 0 bridgehead atoms. The van der Waals surface area contributed by atoms with Gasteiger partial charge in [-0.2, -0.15) is 0 Å². The molecule has 6 rings (SSSR count). The fourth-order valence-corrected chi connectivity index (χ4v) is 6.03. The summed E-state index contributed by atoms with van der Waals surface area (Å²) >= 11 is 6.54. The van der Waals surface area contributed by atoms with Crippen LogP contribution in [0.3, 0.4) is 0 Å². The van der Waals surface area contributed by atoms with E-state index < -0.39 is 0 Å². The number of fused-ring (bicyclic) bond motifs is 2. The normalized spacial score (nSPS) is 19.3. The molecule has 0 unspecified atom stereocenters. The highest BCUT2D eigenvalue weighted by molar-refractivity contribution is 6.33. The summed E-state index contributed by atoms with van der Waals surface area (Å²) < 4.78 is 5.45. The summed E-state index contributed by atoms with van der Waals surface area (Å²) in [4.78, 5) is 34.7. The number of carbonyl (C=O) groups is 2. The maximum Gasteiger partial charge on any atom is 0.254 e. The summed E-state index contributed by atoms with van der Waals surface area (Å²) in [7, 11) is 0. The Morgan fingerprint density at radius 3 is 2.76 bits per heavy atom. The van der Waals surface area contributed by atoms with E-state index >= 15 is 0 Å². The van der Waals surface area contributed by atoms with Gasteiger partial charge in [0.15, 0.2) is 0 Å². The van der Waals surface area contributed by atoms with Gasteiger partial charge in [-0.25, -0.2) is 4.98 Å². The number of ether oxygens (including phenoxy) is 1. The smallest absolute Gasteiger partial charge is 0.254 e. The topological polar surface area (TPSA) is 74.8 Å². The zero-order valence-corrected chi connectivity index (χ0v) is 22.2. The number of carbonyl (C=O) groups excluding carboxylic acids is 2. The number of halogens is 1. The van der Waals surface area contributed by atoms with Gasteiger partial charge in [-0.3, -0.25) is 9.59 Å². The van der Waals surface area contributed by atoms with Crippen LogP contribution in [0.2, 0.25) is 5.02 Å². The van der Waals surface area contributed by atoms with E-state index in [0.29, 0.717) is 29.7 Å². The molecule has 8 heteroatoms. The molecule has 3 aromatic rings. The quantitative estimate of drug-likeness (QED) is 0.497. The summed E-state index contributed by atoms with van der Waals surface area (Å²) in [6.07, 6.45) is 4.35. The number of anilines is 1. The summed E-state index contributed by atoms with van der Waals surface area (Å²) in [5.74, 6) is 0.618. The van der Waals surface area contributed by atoms with Crippen LogP contribution in [0.15, 0.2) is 54.7 Å². The lowest BCUT2D eigenvalue weighted by atomic mass is 9.93. The summed E-state index contributed by atoms with van der Waals surface area (Å²) in [5, 5.41) is 4.01. The molecule has 1 fully saturated rings. The first-order chi connectivity index (χ1) is 18.5. The van der Waals surface area contributed by atoms with E-state index in [4.69, 9.17) is 16.3 Å². The minimum absolute atomic E-state index is 0.00286. The number of nitrogens with zero attached hydrogens (tertiary/aromatic N) is 3. The second kappa shape index (κ2) is 10.4. The standard InChI is InChI=1S/C30H31ClN4O3/c1-19-24-5-3-2-4-20(24)8-11-35(19)29(36)18-34-17-22-7-6-21(14-26(22)30(34)37)25-15-28(32-16-27(25)31)33-23-9-12-38-13-10-23/h2-7,14-16,19,23H,8-13,17-18H2,1H3,(H,32,33)/t19-/m1/s1. The first-order valence-corrected chi connectivity index (χ1v) is 13.7. The fourth-order valence-electron chi connectivity index (χ4n) is 5.81. The van der Waals surface area contributed by atoms with E-state index in [1.54, 1.807) is 11.1 Å². The third kappa shape index (κ3) is 4.76. The van der Waals surface area contributed by atoms with Crippen molar-refractivity contribution in [1.82, 2.24) is 14.8 Å². The van der Waals surface area contributed by atoms with Crippen molar-refractivity contribution in [1.29, 1.82) is 0 Å². The molecule has 3 aliphatic rings. The van der Waals surface area contributed by atoms with E-state index in [2.05, 4.69) is 29.4 Å². The number of amides is 2. The molecule has 38 heavy (non-hydrogen) atoms. The molecule has 196 valence electrons. The van der Waals surface area contributed by atoms with Gasteiger partial charge in [0.1, 0.15) is 12.4 Å². The Morgan fingerprint density at radius 1 is 1.11 bits per heavy atom. The highest BCUT2D eigenvalue weighted by Crippen LogP contribution is 2.34. The summed E-state index contributed by atoms with van der Waals surface area (Å²) in [6, 6.07) is 16.4. The molecule has 0 spiro atoms. The van der Waals surface area contributed by atoms with Crippen LogP contribution >= 0.6 is 11.6 Å². The van der Waals surface area contributed by atoms with Crippen molar-refractivity contribution >= 4 is 29.2 Å². The third-order valence-corrected chi connectivity index (χ3v) is 8.27. The van der Waals surface area contributed by atoms with Crippen LogP contribution in [-0.4, -0.2) is 58.9 Å². The molecule has 2 aromatic carbocycles. The van der Waals surface area contributed by atoms with Gasteiger partial charge < -0.3 is 19.9 Å². The van der Waals surface area contributed by atoms with Crippen molar-refractivity contribution in [3.05, 3.63) is 82.0 Å². The molecule has 1 saturated heterocycles. The Hall–Kier alpha value is -3.42. The molecule has 0 radical (unpaired) electrons. The maximum absolute atomic E-state index is 13.4. The number of benzene rings is 2. The number of hydrogen-bond acceptors (Lipinski definition) is 5. The second-order valence-electron chi connectivity index (χ2n) is 10.3. The molecule has 3 aliphatic heterocycles. The van der Waals surface area contributed by atoms with Crippen LogP contribution in [0.1, 0.15) is 52.9 Å². The van der Waals surface area contributed by atoms with Crippen LogP contribution in [0.5, 0.6) is 0 Å². The van der Waals surface area contributed by atoms with Crippen molar-refractivity contribution in [3.8, 4) is 11.1 Å². The van der Waals surface area contributed by atoms with Crippen LogP contribution in [0.25, 0.3) is 11.1 Å². The van der Waals surface area contributed by atoms with E-state index in [0.717, 1.165) is 55.0 Å². The second-order valence-corrected chi connectivity index (χ2v) is 10.7. The van der Waals surface area contributed by atoms with Crippen molar-refractivity contribution in [2.45, 2.75) is 44.8 Å². The molecular formula is C30H31ClN4O3. The molecule has 7 nitrogen and oxygen atoms in total. The number of pyridine rings is 1. The van der Waals surface area contributed by atoms with Gasteiger partial charge in [-0.1, -0.05) is 48.0 Å². The Kier molecular flexibility index (Phi) is 6.80. The van der Waals surface area contributed by atoms with E-state index in [1.807, 2.05) is 41.3 Å². The van der Waals surface area contributed by atoms with Crippen molar-refractivity contribution < 1.29 is 14.3 Å². The number of aromatic nitrogens is 1.